The van der Waals surface area contributed by atoms with Crippen LogP contribution in [0, 0.1) is 17.8 Å². The maximum Gasteiger partial charge on any atom is 0.260 e. The molecule has 4 atom stereocenters. The van der Waals surface area contributed by atoms with Crippen LogP contribution in [0.2, 0.25) is 0 Å². The lowest BCUT2D eigenvalue weighted by Crippen LogP contribution is -2.46. The number of rotatable bonds is 3. The topological polar surface area (TPSA) is 50.2 Å². The minimum atomic E-state index is -2.44. The van der Waals surface area contributed by atoms with Gasteiger partial charge in [0, 0.05) is 36.5 Å². The van der Waals surface area contributed by atoms with E-state index in [1.165, 1.54) is 4.68 Å². The number of aromatic nitrogens is 2. The largest absolute Gasteiger partial charge is 0.367 e. The van der Waals surface area contributed by atoms with Crippen molar-refractivity contribution in [3.63, 3.8) is 0 Å². The van der Waals surface area contributed by atoms with Gasteiger partial charge in [-0.3, -0.25) is 4.79 Å². The number of fused-ring (bicyclic) bond motifs is 1. The molecular weight excluding hydrogens is 362 g/mol. The zero-order valence-electron chi connectivity index (χ0n) is 17.3. The van der Waals surface area contributed by atoms with Gasteiger partial charge >= 0.3 is 0 Å². The molecule has 5 nitrogen and oxygen atoms in total. The first-order valence-corrected chi connectivity index (χ1v) is 10.6. The molecule has 0 radical (unpaired) electrons. The average Bonchev–Trinajstić information content (AvgIpc) is 3.20. The van der Waals surface area contributed by atoms with Crippen molar-refractivity contribution in [3.05, 3.63) is 11.8 Å². The zero-order chi connectivity index (χ0) is 20.2. The second-order valence-electron chi connectivity index (χ2n) is 9.98. The van der Waals surface area contributed by atoms with Crippen LogP contribution in [0.4, 0.5) is 14.6 Å². The second kappa shape index (κ2) is 6.99. The third-order valence-electron chi connectivity index (χ3n) is 6.78. The van der Waals surface area contributed by atoms with Crippen LogP contribution < -0.4 is 5.32 Å². The van der Waals surface area contributed by atoms with Crippen molar-refractivity contribution in [3.8, 4) is 0 Å². The summed E-state index contributed by atoms with van der Waals surface area (Å²) in [5.41, 5.74) is 0.653. The quantitative estimate of drug-likeness (QED) is 0.841. The first-order chi connectivity index (χ1) is 13.1. The third-order valence-corrected chi connectivity index (χ3v) is 6.78. The number of hydrogen-bond donors (Lipinski definition) is 1. The highest BCUT2D eigenvalue weighted by Crippen LogP contribution is 2.41. The van der Waals surface area contributed by atoms with Crippen LogP contribution in [0.1, 0.15) is 65.1 Å². The summed E-state index contributed by atoms with van der Waals surface area (Å²) >= 11 is 0. The van der Waals surface area contributed by atoms with Gasteiger partial charge in [-0.15, -0.1) is 0 Å². The number of likely N-dealkylation sites (tertiary alicyclic amines) is 1. The van der Waals surface area contributed by atoms with Gasteiger partial charge in [-0.05, 0) is 37.5 Å². The molecule has 3 heterocycles. The lowest BCUT2D eigenvalue weighted by atomic mass is 9.84. The molecular formula is C21H32F2N4O. The molecule has 4 rings (SSSR count). The molecule has 1 aromatic heterocycles. The number of alkyl halides is 2. The molecule has 0 aromatic carbocycles. The summed E-state index contributed by atoms with van der Waals surface area (Å²) in [4.78, 5) is 14.4. The van der Waals surface area contributed by atoms with Crippen LogP contribution in [0.15, 0.2) is 6.07 Å². The molecule has 7 heteroatoms. The van der Waals surface area contributed by atoms with E-state index < -0.39 is 12.5 Å². The fourth-order valence-electron chi connectivity index (χ4n) is 4.67. The fraction of sp³-hybridized carbons (Fsp3) is 0.810. The molecule has 2 fully saturated rings. The molecule has 156 valence electrons. The number of carbonyl (C=O) groups is 1. The summed E-state index contributed by atoms with van der Waals surface area (Å²) < 4.78 is 29.1. The Morgan fingerprint density at radius 2 is 1.89 bits per heavy atom. The van der Waals surface area contributed by atoms with Gasteiger partial charge in [0.05, 0.1) is 5.69 Å². The normalized spacial score (nSPS) is 30.9. The number of halogens is 2. The Kier molecular flexibility index (Phi) is 4.91. The van der Waals surface area contributed by atoms with E-state index in [1.54, 1.807) is 0 Å². The predicted octanol–water partition coefficient (Wildman–Crippen LogP) is 4.07. The molecule has 0 spiro atoms. The highest BCUT2D eigenvalue weighted by atomic mass is 19.3. The van der Waals surface area contributed by atoms with Crippen LogP contribution in [0.3, 0.4) is 0 Å². The Bertz CT molecular complexity index is 733. The average molecular weight is 395 g/mol. The molecule has 1 aromatic rings. The molecule has 1 N–H and O–H groups in total. The van der Waals surface area contributed by atoms with Gasteiger partial charge in [-0.2, -0.15) is 5.10 Å². The van der Waals surface area contributed by atoms with E-state index in [0.29, 0.717) is 30.0 Å². The Labute approximate surface area is 165 Å². The van der Waals surface area contributed by atoms with Crippen molar-refractivity contribution in [1.82, 2.24) is 14.7 Å². The van der Waals surface area contributed by atoms with E-state index >= 15 is 0 Å². The lowest BCUT2D eigenvalue weighted by molar-refractivity contribution is -0.134. The Morgan fingerprint density at radius 1 is 1.25 bits per heavy atom. The van der Waals surface area contributed by atoms with Crippen LogP contribution >= 0.6 is 0 Å². The van der Waals surface area contributed by atoms with E-state index in [1.807, 2.05) is 31.7 Å². The number of piperidine rings is 1. The Hall–Kier alpha value is -1.66. The summed E-state index contributed by atoms with van der Waals surface area (Å²) in [6.45, 7) is 9.76. The highest BCUT2D eigenvalue weighted by molar-refractivity contribution is 5.81. The van der Waals surface area contributed by atoms with Gasteiger partial charge in [0.2, 0.25) is 5.91 Å². The Balaban J connectivity index is 1.45. The standard InChI is InChI=1S/C21H32F2N4O/c1-12-9-14(12)20(28)26-7-5-13(6-8-26)15-10-16(19(22)23)27-18(24-15)11-17(25-27)21(2,3)4/h11-16,19,24H,5-10H2,1-4H3/t12?,14?,15-,16+/m0/s1. The number of amides is 1. The maximum atomic E-state index is 13.8. The molecule has 1 saturated carbocycles. The molecule has 1 saturated heterocycles. The molecule has 3 aliphatic rings. The number of anilines is 1. The monoisotopic (exact) mass is 394 g/mol. The zero-order valence-corrected chi connectivity index (χ0v) is 17.3. The molecule has 2 aliphatic heterocycles. The summed E-state index contributed by atoms with van der Waals surface area (Å²) in [5, 5.41) is 7.99. The number of nitrogens with one attached hydrogen (secondary N) is 1. The SMILES string of the molecule is CC1CC1C(=O)N1CCC([C@@H]2C[C@H](C(F)F)n3nc(C(C)(C)C)cc3N2)CC1. The summed E-state index contributed by atoms with van der Waals surface area (Å²) in [7, 11) is 0. The van der Waals surface area contributed by atoms with Gasteiger partial charge in [-0.25, -0.2) is 13.5 Å². The lowest BCUT2D eigenvalue weighted by Gasteiger charge is -2.40. The molecule has 28 heavy (non-hydrogen) atoms. The van der Waals surface area contributed by atoms with Crippen LogP contribution in [0.5, 0.6) is 0 Å². The second-order valence-corrected chi connectivity index (χ2v) is 9.98. The first kappa shape index (κ1) is 19.6. The summed E-state index contributed by atoms with van der Waals surface area (Å²) in [6, 6.07) is 1.05. The predicted molar refractivity (Wildman–Crippen MR) is 105 cm³/mol. The smallest absolute Gasteiger partial charge is 0.260 e. The van der Waals surface area contributed by atoms with Crippen molar-refractivity contribution in [1.29, 1.82) is 0 Å². The molecule has 2 unspecified atom stereocenters. The van der Waals surface area contributed by atoms with E-state index in [9.17, 15) is 13.6 Å². The molecule has 1 aliphatic carbocycles. The summed E-state index contributed by atoms with van der Waals surface area (Å²) in [5.74, 6) is 2.05. The van der Waals surface area contributed by atoms with Gasteiger partial charge in [0.25, 0.3) is 6.43 Å². The Morgan fingerprint density at radius 3 is 2.43 bits per heavy atom. The van der Waals surface area contributed by atoms with Crippen molar-refractivity contribution in [2.75, 3.05) is 18.4 Å². The van der Waals surface area contributed by atoms with E-state index in [0.717, 1.165) is 38.0 Å². The number of carbonyl (C=O) groups excluding carboxylic acids is 1. The van der Waals surface area contributed by atoms with Gasteiger partial charge in [0.15, 0.2) is 0 Å². The minimum absolute atomic E-state index is 0.00752. The van der Waals surface area contributed by atoms with E-state index in [4.69, 9.17) is 0 Å². The van der Waals surface area contributed by atoms with Gasteiger partial charge in [0.1, 0.15) is 11.9 Å². The summed E-state index contributed by atoms with van der Waals surface area (Å²) in [6.07, 6.45) is 0.712. The van der Waals surface area contributed by atoms with Crippen molar-refractivity contribution >= 4 is 11.7 Å². The van der Waals surface area contributed by atoms with Crippen molar-refractivity contribution in [2.45, 2.75) is 77.3 Å². The third kappa shape index (κ3) is 3.64. The highest BCUT2D eigenvalue weighted by Gasteiger charge is 2.43. The van der Waals surface area contributed by atoms with Crippen LogP contribution in [-0.2, 0) is 10.2 Å². The van der Waals surface area contributed by atoms with E-state index in [2.05, 4.69) is 17.3 Å². The maximum absolute atomic E-state index is 13.8. The van der Waals surface area contributed by atoms with Gasteiger partial charge < -0.3 is 10.2 Å². The number of hydrogen-bond acceptors (Lipinski definition) is 3. The minimum Gasteiger partial charge on any atom is -0.367 e. The number of nitrogens with zero attached hydrogens (tertiary/aromatic N) is 3. The van der Waals surface area contributed by atoms with Crippen molar-refractivity contribution < 1.29 is 13.6 Å². The van der Waals surface area contributed by atoms with Gasteiger partial charge in [-0.1, -0.05) is 27.7 Å². The van der Waals surface area contributed by atoms with Crippen LogP contribution in [0.25, 0.3) is 0 Å². The first-order valence-electron chi connectivity index (χ1n) is 10.6. The van der Waals surface area contributed by atoms with E-state index in [-0.39, 0.29) is 17.4 Å². The van der Waals surface area contributed by atoms with Crippen molar-refractivity contribution in [2.24, 2.45) is 17.8 Å². The van der Waals surface area contributed by atoms with Crippen LogP contribution in [-0.4, -0.2) is 46.1 Å². The molecule has 1 amide bonds. The fourth-order valence-corrected chi connectivity index (χ4v) is 4.67. The molecule has 0 bridgehead atoms.